The van der Waals surface area contributed by atoms with Crippen molar-refractivity contribution in [2.24, 2.45) is 0 Å². The Morgan fingerprint density at radius 3 is 2.83 bits per heavy atom. The predicted molar refractivity (Wildman–Crippen MR) is 74.4 cm³/mol. The first-order chi connectivity index (χ1) is 8.57. The molecule has 0 fully saturated rings. The maximum absolute atomic E-state index is 12.4. The Kier molecular flexibility index (Phi) is 4.14. The van der Waals surface area contributed by atoms with Crippen molar-refractivity contribution >= 4 is 27.5 Å². The topological polar surface area (TPSA) is 40.6 Å². The summed E-state index contributed by atoms with van der Waals surface area (Å²) in [6.07, 6.45) is 1.44. The Bertz CT molecular complexity index is 519. The Hall–Kier alpha value is -0.780. The van der Waals surface area contributed by atoms with E-state index in [4.69, 9.17) is 11.6 Å². The van der Waals surface area contributed by atoms with Gasteiger partial charge in [-0.1, -0.05) is 18.2 Å². The van der Waals surface area contributed by atoms with Crippen molar-refractivity contribution in [3.05, 3.63) is 29.8 Å². The van der Waals surface area contributed by atoms with Crippen LogP contribution in [0.4, 0.5) is 5.69 Å². The standard InChI is InChI=1S/C12H17ClN2O2S/c1-14(9-4-8-13)18(16,17)15-10-7-11-5-2-3-6-12(11)15/h2-3,5-6H,4,7-10H2,1H3. The van der Waals surface area contributed by atoms with Crippen molar-refractivity contribution in [1.29, 1.82) is 0 Å². The maximum atomic E-state index is 12.4. The first-order valence-corrected chi connectivity index (χ1v) is 7.88. The SMILES string of the molecule is CN(CCCCl)S(=O)(=O)N1CCc2ccccc21. The molecular weight excluding hydrogens is 272 g/mol. The van der Waals surface area contributed by atoms with Crippen molar-refractivity contribution in [2.75, 3.05) is 30.3 Å². The molecule has 1 aromatic rings. The average molecular weight is 289 g/mol. The van der Waals surface area contributed by atoms with Crippen molar-refractivity contribution in [2.45, 2.75) is 12.8 Å². The van der Waals surface area contributed by atoms with Crippen molar-refractivity contribution in [1.82, 2.24) is 4.31 Å². The highest BCUT2D eigenvalue weighted by atomic mass is 35.5. The van der Waals surface area contributed by atoms with Gasteiger partial charge in [-0.15, -0.1) is 11.6 Å². The molecule has 6 heteroatoms. The van der Waals surface area contributed by atoms with Gasteiger partial charge in [0.05, 0.1) is 5.69 Å². The minimum Gasteiger partial charge on any atom is -0.257 e. The molecule has 1 heterocycles. The Morgan fingerprint density at radius 2 is 2.11 bits per heavy atom. The van der Waals surface area contributed by atoms with Gasteiger partial charge in [0.15, 0.2) is 0 Å². The lowest BCUT2D eigenvalue weighted by molar-refractivity contribution is 0.466. The summed E-state index contributed by atoms with van der Waals surface area (Å²) in [4.78, 5) is 0. The van der Waals surface area contributed by atoms with E-state index in [-0.39, 0.29) is 0 Å². The highest BCUT2D eigenvalue weighted by molar-refractivity contribution is 7.90. The lowest BCUT2D eigenvalue weighted by atomic mass is 10.2. The van der Waals surface area contributed by atoms with Gasteiger partial charge < -0.3 is 0 Å². The highest BCUT2D eigenvalue weighted by Crippen LogP contribution is 2.30. The number of halogens is 1. The fourth-order valence-corrected chi connectivity index (χ4v) is 3.68. The van der Waals surface area contributed by atoms with E-state index in [1.165, 1.54) is 8.61 Å². The number of benzene rings is 1. The predicted octanol–water partition coefficient (Wildman–Crippen LogP) is 1.85. The zero-order chi connectivity index (χ0) is 13.2. The van der Waals surface area contributed by atoms with E-state index in [0.717, 1.165) is 17.7 Å². The van der Waals surface area contributed by atoms with Crippen LogP contribution in [0.5, 0.6) is 0 Å². The monoisotopic (exact) mass is 288 g/mol. The van der Waals surface area contributed by atoms with E-state index in [1.54, 1.807) is 7.05 Å². The molecule has 0 radical (unpaired) electrons. The Balaban J connectivity index is 2.22. The number of fused-ring (bicyclic) bond motifs is 1. The summed E-state index contributed by atoms with van der Waals surface area (Å²) < 4.78 is 27.7. The first kappa shape index (κ1) is 13.6. The summed E-state index contributed by atoms with van der Waals surface area (Å²) >= 11 is 5.60. The zero-order valence-corrected chi connectivity index (χ0v) is 11.9. The van der Waals surface area contributed by atoms with Gasteiger partial charge in [0.25, 0.3) is 0 Å². The molecule has 4 nitrogen and oxygen atoms in total. The van der Waals surface area contributed by atoms with Gasteiger partial charge in [0.1, 0.15) is 0 Å². The molecular formula is C12H17ClN2O2S. The molecule has 0 unspecified atom stereocenters. The molecule has 18 heavy (non-hydrogen) atoms. The number of rotatable bonds is 5. The van der Waals surface area contributed by atoms with Gasteiger partial charge >= 0.3 is 10.2 Å². The molecule has 0 spiro atoms. The molecule has 0 atom stereocenters. The maximum Gasteiger partial charge on any atom is 0.303 e. The minimum atomic E-state index is -3.42. The van der Waals surface area contributed by atoms with E-state index in [0.29, 0.717) is 25.4 Å². The first-order valence-electron chi connectivity index (χ1n) is 5.95. The van der Waals surface area contributed by atoms with Gasteiger partial charge in [-0.25, -0.2) is 0 Å². The summed E-state index contributed by atoms with van der Waals surface area (Å²) in [7, 11) is -1.82. The Morgan fingerprint density at radius 1 is 1.39 bits per heavy atom. The van der Waals surface area contributed by atoms with Gasteiger partial charge in [-0.2, -0.15) is 12.7 Å². The van der Waals surface area contributed by atoms with E-state index in [1.807, 2.05) is 24.3 Å². The molecule has 1 aliphatic rings. The molecule has 0 aliphatic carbocycles. The third kappa shape index (κ3) is 2.48. The number of anilines is 1. The fourth-order valence-electron chi connectivity index (χ4n) is 2.11. The summed E-state index contributed by atoms with van der Waals surface area (Å²) in [5.41, 5.74) is 1.89. The van der Waals surface area contributed by atoms with Crippen LogP contribution in [-0.2, 0) is 16.6 Å². The average Bonchev–Trinajstić information content (AvgIpc) is 2.80. The van der Waals surface area contributed by atoms with E-state index in [9.17, 15) is 8.42 Å². The van der Waals surface area contributed by atoms with Gasteiger partial charge in [-0.05, 0) is 24.5 Å². The molecule has 0 amide bonds. The fraction of sp³-hybridized carbons (Fsp3) is 0.500. The zero-order valence-electron chi connectivity index (χ0n) is 10.3. The lowest BCUT2D eigenvalue weighted by Gasteiger charge is -2.25. The number of alkyl halides is 1. The van der Waals surface area contributed by atoms with Crippen LogP contribution in [0.2, 0.25) is 0 Å². The van der Waals surface area contributed by atoms with Crippen LogP contribution in [-0.4, -0.2) is 38.7 Å². The number of nitrogens with zero attached hydrogens (tertiary/aromatic N) is 2. The lowest BCUT2D eigenvalue weighted by Crippen LogP contribution is -2.41. The summed E-state index contributed by atoms with van der Waals surface area (Å²) in [6.45, 7) is 0.970. The second-order valence-electron chi connectivity index (χ2n) is 4.32. The molecule has 0 N–H and O–H groups in total. The van der Waals surface area contributed by atoms with Crippen LogP contribution in [0, 0.1) is 0 Å². The molecule has 0 saturated heterocycles. The molecule has 100 valence electrons. The van der Waals surface area contributed by atoms with Crippen molar-refractivity contribution < 1.29 is 8.42 Å². The van der Waals surface area contributed by atoms with E-state index in [2.05, 4.69) is 0 Å². The van der Waals surface area contributed by atoms with Crippen LogP contribution in [0.3, 0.4) is 0 Å². The molecule has 2 rings (SSSR count). The number of para-hydroxylation sites is 1. The van der Waals surface area contributed by atoms with Gasteiger partial charge in [0.2, 0.25) is 0 Å². The summed E-state index contributed by atoms with van der Waals surface area (Å²) in [5, 5.41) is 0. The largest absolute Gasteiger partial charge is 0.303 e. The van der Waals surface area contributed by atoms with Crippen LogP contribution in [0.25, 0.3) is 0 Å². The summed E-state index contributed by atoms with van der Waals surface area (Å²) in [5.74, 6) is 0.469. The van der Waals surface area contributed by atoms with Crippen LogP contribution in [0.1, 0.15) is 12.0 Å². The molecule has 1 aliphatic heterocycles. The Labute approximate surface area is 113 Å². The smallest absolute Gasteiger partial charge is 0.257 e. The third-order valence-corrected chi connectivity index (χ3v) is 5.30. The molecule has 0 bridgehead atoms. The van der Waals surface area contributed by atoms with E-state index >= 15 is 0 Å². The van der Waals surface area contributed by atoms with Gasteiger partial charge in [-0.3, -0.25) is 4.31 Å². The molecule has 0 saturated carbocycles. The van der Waals surface area contributed by atoms with Crippen LogP contribution in [0.15, 0.2) is 24.3 Å². The number of hydrogen-bond acceptors (Lipinski definition) is 2. The normalized spacial score (nSPS) is 15.2. The second-order valence-corrected chi connectivity index (χ2v) is 6.66. The third-order valence-electron chi connectivity index (χ3n) is 3.12. The molecule has 0 aromatic heterocycles. The van der Waals surface area contributed by atoms with Gasteiger partial charge in [0, 0.05) is 26.0 Å². The van der Waals surface area contributed by atoms with E-state index < -0.39 is 10.2 Å². The number of hydrogen-bond donors (Lipinski definition) is 0. The van der Waals surface area contributed by atoms with Crippen molar-refractivity contribution in [3.8, 4) is 0 Å². The second kappa shape index (κ2) is 5.47. The molecule has 1 aromatic carbocycles. The quantitative estimate of drug-likeness (QED) is 0.776. The van der Waals surface area contributed by atoms with Crippen LogP contribution < -0.4 is 4.31 Å². The highest BCUT2D eigenvalue weighted by Gasteiger charge is 2.31. The summed E-state index contributed by atoms with van der Waals surface area (Å²) in [6, 6.07) is 7.64. The minimum absolute atomic E-state index is 0.449. The van der Waals surface area contributed by atoms with Crippen LogP contribution >= 0.6 is 11.6 Å². The van der Waals surface area contributed by atoms with Crippen molar-refractivity contribution in [3.63, 3.8) is 0 Å².